The van der Waals surface area contributed by atoms with Crippen LogP contribution in [0.2, 0.25) is 0 Å². The van der Waals surface area contributed by atoms with E-state index in [2.05, 4.69) is 4.90 Å². The van der Waals surface area contributed by atoms with E-state index in [1.807, 2.05) is 34.9 Å². The average Bonchev–Trinajstić information content (AvgIpc) is 2.78. The molecule has 0 saturated carbocycles. The topological polar surface area (TPSA) is 47.0 Å². The number of aryl methyl sites for hydroxylation is 1. The second kappa shape index (κ2) is 9.32. The summed E-state index contributed by atoms with van der Waals surface area (Å²) in [6, 6.07) is 9.56. The smallest absolute Gasteiger partial charge is 0.226 e. The molecule has 5 nitrogen and oxygen atoms in total. The minimum absolute atomic E-state index is 0.129. The Hall–Kier alpha value is -2.51. The first kappa shape index (κ1) is 21.7. The third-order valence-corrected chi connectivity index (χ3v) is 6.26. The van der Waals surface area contributed by atoms with Gasteiger partial charge in [0.05, 0.1) is 11.8 Å². The molecule has 2 aliphatic heterocycles. The molecule has 1 fully saturated rings. The molecule has 4 rings (SSSR count). The highest BCUT2D eigenvalue weighted by Crippen LogP contribution is 2.31. The Morgan fingerprint density at radius 1 is 1.03 bits per heavy atom. The van der Waals surface area contributed by atoms with Crippen molar-refractivity contribution in [2.45, 2.75) is 32.3 Å². The van der Waals surface area contributed by atoms with E-state index in [0.717, 1.165) is 42.3 Å². The molecular formula is C24H29F2N3O2. The summed E-state index contributed by atoms with van der Waals surface area (Å²) in [4.78, 5) is 18.1. The SMILES string of the molecule is CCC(=O)N1CCCc2cc([C@@H](O)CN3CCN(c4ccc(F)cc4F)CC3)ccc21. The minimum atomic E-state index is -0.628. The Bertz CT molecular complexity index is 944. The van der Waals surface area contributed by atoms with E-state index in [1.165, 1.54) is 12.1 Å². The van der Waals surface area contributed by atoms with Gasteiger partial charge < -0.3 is 14.9 Å². The first-order valence-corrected chi connectivity index (χ1v) is 11.0. The molecule has 0 aliphatic carbocycles. The van der Waals surface area contributed by atoms with Gasteiger partial charge in [-0.05, 0) is 42.2 Å². The number of hydrogen-bond donors (Lipinski definition) is 1. The monoisotopic (exact) mass is 429 g/mol. The maximum atomic E-state index is 14.0. The van der Waals surface area contributed by atoms with Crippen LogP contribution >= 0.6 is 0 Å². The molecule has 0 spiro atoms. The number of nitrogens with zero attached hydrogens (tertiary/aromatic N) is 3. The summed E-state index contributed by atoms with van der Waals surface area (Å²) in [5.74, 6) is -0.988. The van der Waals surface area contributed by atoms with E-state index in [0.29, 0.717) is 44.8 Å². The molecule has 1 saturated heterocycles. The molecule has 1 amide bonds. The first-order valence-electron chi connectivity index (χ1n) is 11.0. The molecule has 1 N–H and O–H groups in total. The number of benzene rings is 2. The Morgan fingerprint density at radius 3 is 2.48 bits per heavy atom. The summed E-state index contributed by atoms with van der Waals surface area (Å²) < 4.78 is 27.2. The fourth-order valence-electron chi connectivity index (χ4n) is 4.53. The van der Waals surface area contributed by atoms with Gasteiger partial charge in [-0.25, -0.2) is 8.78 Å². The fourth-order valence-corrected chi connectivity index (χ4v) is 4.53. The highest BCUT2D eigenvalue weighted by atomic mass is 19.1. The Labute approximate surface area is 181 Å². The lowest BCUT2D eigenvalue weighted by atomic mass is 9.96. The number of rotatable bonds is 5. The molecule has 2 heterocycles. The van der Waals surface area contributed by atoms with Crippen molar-refractivity contribution >= 4 is 17.3 Å². The van der Waals surface area contributed by atoms with Crippen LogP contribution in [-0.4, -0.2) is 55.2 Å². The number of aliphatic hydroxyl groups is 1. The Balaban J connectivity index is 1.37. The predicted octanol–water partition coefficient (Wildman–Crippen LogP) is 3.51. The van der Waals surface area contributed by atoms with Crippen LogP contribution in [0.5, 0.6) is 0 Å². The highest BCUT2D eigenvalue weighted by molar-refractivity contribution is 5.94. The summed E-state index contributed by atoms with van der Waals surface area (Å²) in [5, 5.41) is 10.8. The summed E-state index contributed by atoms with van der Waals surface area (Å²) in [5.41, 5.74) is 3.35. The Morgan fingerprint density at radius 2 is 1.77 bits per heavy atom. The largest absolute Gasteiger partial charge is 0.387 e. The zero-order chi connectivity index (χ0) is 22.0. The number of amides is 1. The van der Waals surface area contributed by atoms with Gasteiger partial charge in [0.1, 0.15) is 11.6 Å². The first-order chi connectivity index (χ1) is 15.0. The van der Waals surface area contributed by atoms with E-state index in [1.54, 1.807) is 0 Å². The number of piperazine rings is 1. The molecule has 2 aromatic rings. The van der Waals surface area contributed by atoms with Crippen LogP contribution in [-0.2, 0) is 11.2 Å². The second-order valence-corrected chi connectivity index (χ2v) is 8.29. The molecular weight excluding hydrogens is 400 g/mol. The van der Waals surface area contributed by atoms with Gasteiger partial charge in [0.15, 0.2) is 0 Å². The van der Waals surface area contributed by atoms with Gasteiger partial charge in [0, 0.05) is 57.4 Å². The van der Waals surface area contributed by atoms with E-state index < -0.39 is 17.7 Å². The second-order valence-electron chi connectivity index (χ2n) is 8.29. The predicted molar refractivity (Wildman–Crippen MR) is 117 cm³/mol. The maximum Gasteiger partial charge on any atom is 0.226 e. The van der Waals surface area contributed by atoms with Crippen molar-refractivity contribution in [3.05, 3.63) is 59.2 Å². The fraction of sp³-hybridized carbons (Fsp3) is 0.458. The molecule has 0 aromatic heterocycles. The van der Waals surface area contributed by atoms with Crippen LogP contribution in [0.1, 0.15) is 37.0 Å². The number of anilines is 2. The van der Waals surface area contributed by atoms with E-state index in [9.17, 15) is 18.7 Å². The molecule has 1 atom stereocenters. The normalized spacial score (nSPS) is 18.1. The number of carbonyl (C=O) groups excluding carboxylic acids is 1. The van der Waals surface area contributed by atoms with Crippen LogP contribution in [0, 0.1) is 11.6 Å². The summed E-state index contributed by atoms with van der Waals surface area (Å²) >= 11 is 0. The van der Waals surface area contributed by atoms with Crippen molar-refractivity contribution in [3.8, 4) is 0 Å². The minimum Gasteiger partial charge on any atom is -0.387 e. The molecule has 0 unspecified atom stereocenters. The van der Waals surface area contributed by atoms with Gasteiger partial charge in [0.25, 0.3) is 0 Å². The van der Waals surface area contributed by atoms with Crippen LogP contribution < -0.4 is 9.80 Å². The highest BCUT2D eigenvalue weighted by Gasteiger charge is 2.25. The van der Waals surface area contributed by atoms with E-state index in [-0.39, 0.29) is 5.91 Å². The third-order valence-electron chi connectivity index (χ3n) is 6.26. The van der Waals surface area contributed by atoms with Gasteiger partial charge >= 0.3 is 0 Å². The molecule has 0 bridgehead atoms. The molecule has 7 heteroatoms. The number of β-amino-alcohol motifs (C(OH)–C–C–N with tert-alkyl or cyclic N) is 1. The Kier molecular flexibility index (Phi) is 6.53. The van der Waals surface area contributed by atoms with Crippen molar-refractivity contribution in [3.63, 3.8) is 0 Å². The maximum absolute atomic E-state index is 14.0. The lowest BCUT2D eigenvalue weighted by molar-refractivity contribution is -0.118. The third kappa shape index (κ3) is 4.72. The van der Waals surface area contributed by atoms with Gasteiger partial charge in [-0.3, -0.25) is 9.69 Å². The van der Waals surface area contributed by atoms with E-state index in [4.69, 9.17) is 0 Å². The molecule has 31 heavy (non-hydrogen) atoms. The van der Waals surface area contributed by atoms with Gasteiger partial charge in [-0.15, -0.1) is 0 Å². The number of halogens is 2. The van der Waals surface area contributed by atoms with Crippen LogP contribution in [0.25, 0.3) is 0 Å². The summed E-state index contributed by atoms with van der Waals surface area (Å²) in [6.07, 6.45) is 1.69. The zero-order valence-corrected chi connectivity index (χ0v) is 17.9. The van der Waals surface area contributed by atoms with Crippen molar-refractivity contribution in [1.29, 1.82) is 0 Å². The molecule has 2 aromatic carbocycles. The lowest BCUT2D eigenvalue weighted by Gasteiger charge is -2.37. The van der Waals surface area contributed by atoms with Gasteiger partial charge in [-0.2, -0.15) is 0 Å². The number of aliphatic hydroxyl groups excluding tert-OH is 1. The van der Waals surface area contributed by atoms with E-state index >= 15 is 0 Å². The van der Waals surface area contributed by atoms with Crippen molar-refractivity contribution < 1.29 is 18.7 Å². The number of hydrogen-bond acceptors (Lipinski definition) is 4. The molecule has 166 valence electrons. The summed E-state index contributed by atoms with van der Waals surface area (Å²) in [7, 11) is 0. The van der Waals surface area contributed by atoms with Crippen molar-refractivity contribution in [2.75, 3.05) is 49.1 Å². The number of fused-ring (bicyclic) bond motifs is 1. The molecule has 2 aliphatic rings. The van der Waals surface area contributed by atoms with Gasteiger partial charge in [-0.1, -0.05) is 19.1 Å². The van der Waals surface area contributed by atoms with Crippen LogP contribution in [0.4, 0.5) is 20.2 Å². The van der Waals surface area contributed by atoms with Gasteiger partial charge in [0.2, 0.25) is 5.91 Å². The lowest BCUT2D eigenvalue weighted by Crippen LogP contribution is -2.47. The quantitative estimate of drug-likeness (QED) is 0.790. The van der Waals surface area contributed by atoms with Crippen molar-refractivity contribution in [2.24, 2.45) is 0 Å². The number of carbonyl (C=O) groups is 1. The van der Waals surface area contributed by atoms with Crippen LogP contribution in [0.3, 0.4) is 0 Å². The summed E-state index contributed by atoms with van der Waals surface area (Å²) in [6.45, 7) is 5.74. The zero-order valence-electron chi connectivity index (χ0n) is 17.9. The average molecular weight is 430 g/mol. The standard InChI is InChI=1S/C24H29F2N3O2/c1-2-24(31)29-9-3-4-17-14-18(5-7-21(17)29)23(30)16-27-10-12-28(13-11-27)22-8-6-19(25)15-20(22)26/h5-8,14-15,23,30H,2-4,9-13,16H2,1H3/t23-/m0/s1. The van der Waals surface area contributed by atoms with Crippen LogP contribution in [0.15, 0.2) is 36.4 Å². The van der Waals surface area contributed by atoms with Crippen molar-refractivity contribution in [1.82, 2.24) is 4.90 Å². The molecule has 0 radical (unpaired) electrons.